The molecule has 4 heterocycles. The summed E-state index contributed by atoms with van der Waals surface area (Å²) in [4.78, 5) is 53.3. The van der Waals surface area contributed by atoms with E-state index in [4.69, 9.17) is 9.72 Å². The van der Waals surface area contributed by atoms with Crippen LogP contribution in [0, 0.1) is 0 Å². The number of hydrogen-bond acceptors (Lipinski definition) is 10. The molecule has 2 saturated heterocycles. The number of piperidine rings is 2. The highest BCUT2D eigenvalue weighted by molar-refractivity contribution is 5.93. The van der Waals surface area contributed by atoms with Gasteiger partial charge in [-0.1, -0.05) is 6.07 Å². The number of carbonyl (C=O) groups is 3. The smallest absolute Gasteiger partial charge is 0.410 e. The van der Waals surface area contributed by atoms with E-state index in [9.17, 15) is 24.6 Å². The number of nitrogens with zero attached hydrogens (tertiary/aromatic N) is 5. The second-order valence-electron chi connectivity index (χ2n) is 13.5. The molecule has 0 spiro atoms. The van der Waals surface area contributed by atoms with Gasteiger partial charge in [-0.15, -0.1) is 0 Å². The number of aromatic hydroxyl groups is 1. The Morgan fingerprint density at radius 2 is 1.74 bits per heavy atom. The number of rotatable bonds is 7. The van der Waals surface area contributed by atoms with Gasteiger partial charge < -0.3 is 35.4 Å². The summed E-state index contributed by atoms with van der Waals surface area (Å²) >= 11 is 0. The van der Waals surface area contributed by atoms with Gasteiger partial charge in [-0.05, 0) is 82.6 Å². The SMILES string of the molecule is CC(=O)N1CCC(Nc2cc(C(=O)NC[C@@H](O)[C@@H]3Cc4ccc(O)cc4CN3C(=O)OC(C)(C)C)nc(N3CCCCC3)n2)CC1. The maximum absolute atomic E-state index is 13.5. The van der Waals surface area contributed by atoms with E-state index in [1.807, 2.05) is 4.90 Å². The molecule has 3 amide bonds. The third-order valence-corrected chi connectivity index (χ3v) is 8.78. The number of fused-ring (bicyclic) bond motifs is 1. The van der Waals surface area contributed by atoms with Crippen LogP contribution in [0.15, 0.2) is 24.3 Å². The molecule has 1 aromatic carbocycles. The monoisotopic (exact) mass is 637 g/mol. The van der Waals surface area contributed by atoms with E-state index in [2.05, 4.69) is 20.5 Å². The van der Waals surface area contributed by atoms with E-state index in [1.165, 1.54) is 4.90 Å². The Morgan fingerprint density at radius 3 is 2.41 bits per heavy atom. The van der Waals surface area contributed by atoms with Crippen LogP contribution in [0.25, 0.3) is 0 Å². The topological polar surface area (TPSA) is 160 Å². The molecule has 0 aliphatic carbocycles. The number of phenolic OH excluding ortho intramolecular Hbond substituents is 1. The normalized spacial score (nSPS) is 19.7. The van der Waals surface area contributed by atoms with Crippen LogP contribution in [0.2, 0.25) is 0 Å². The summed E-state index contributed by atoms with van der Waals surface area (Å²) in [5, 5.41) is 27.7. The number of hydrogen-bond donors (Lipinski definition) is 4. The molecule has 2 atom stereocenters. The first-order valence-electron chi connectivity index (χ1n) is 16.3. The number of anilines is 2. The summed E-state index contributed by atoms with van der Waals surface area (Å²) in [6.45, 7) is 9.88. The van der Waals surface area contributed by atoms with Crippen molar-refractivity contribution in [2.45, 2.75) is 96.6 Å². The maximum Gasteiger partial charge on any atom is 0.410 e. The molecule has 3 aliphatic rings. The van der Waals surface area contributed by atoms with E-state index in [1.54, 1.807) is 52.0 Å². The van der Waals surface area contributed by atoms with Gasteiger partial charge in [-0.25, -0.2) is 9.78 Å². The summed E-state index contributed by atoms with van der Waals surface area (Å²) in [7, 11) is 0. The highest BCUT2D eigenvalue weighted by Crippen LogP contribution is 2.29. The second-order valence-corrected chi connectivity index (χ2v) is 13.5. The molecule has 13 nitrogen and oxygen atoms in total. The number of nitrogens with one attached hydrogen (secondary N) is 2. The Labute approximate surface area is 270 Å². The molecule has 13 heteroatoms. The summed E-state index contributed by atoms with van der Waals surface area (Å²) in [6.07, 6.45) is 3.38. The minimum Gasteiger partial charge on any atom is -0.508 e. The van der Waals surface area contributed by atoms with E-state index in [0.29, 0.717) is 31.3 Å². The number of ether oxygens (including phenoxy) is 1. The highest BCUT2D eigenvalue weighted by atomic mass is 16.6. The molecule has 4 N–H and O–H groups in total. The van der Waals surface area contributed by atoms with Crippen LogP contribution in [0.1, 0.15) is 81.4 Å². The predicted octanol–water partition coefficient (Wildman–Crippen LogP) is 3.05. The molecule has 0 bridgehead atoms. The molecule has 250 valence electrons. The van der Waals surface area contributed by atoms with Crippen LogP contribution >= 0.6 is 0 Å². The van der Waals surface area contributed by atoms with Crippen LogP contribution < -0.4 is 15.5 Å². The van der Waals surface area contributed by atoms with Crippen LogP contribution in [0.3, 0.4) is 0 Å². The maximum atomic E-state index is 13.5. The Bertz CT molecular complexity index is 1420. The first-order valence-corrected chi connectivity index (χ1v) is 16.3. The van der Waals surface area contributed by atoms with Crippen molar-refractivity contribution in [2.75, 3.05) is 42.9 Å². The molecule has 3 aliphatic heterocycles. The predicted molar refractivity (Wildman–Crippen MR) is 173 cm³/mol. The quantitative estimate of drug-likeness (QED) is 0.355. The lowest BCUT2D eigenvalue weighted by atomic mass is 9.91. The summed E-state index contributed by atoms with van der Waals surface area (Å²) < 4.78 is 5.64. The largest absolute Gasteiger partial charge is 0.508 e. The van der Waals surface area contributed by atoms with Gasteiger partial charge >= 0.3 is 6.09 Å². The number of aliphatic hydroxyl groups excluding tert-OH is 1. The minimum absolute atomic E-state index is 0.0694. The standard InChI is InChI=1S/C33H47N7O6/c1-21(41)38-14-10-24(11-15-38)35-29-18-26(36-31(37-29)39-12-6-5-7-13-39)30(44)34-19-28(43)27-17-22-8-9-25(42)16-23(22)20-40(27)32(45)46-33(2,3)4/h8-9,16,18,24,27-28,42-43H,5-7,10-15,17,19-20H2,1-4H3,(H,34,44)(H,35,36,37)/t27-,28+/m0/s1. The van der Waals surface area contributed by atoms with Gasteiger partial charge in [0.15, 0.2) is 0 Å². The Kier molecular flexibility index (Phi) is 10.2. The summed E-state index contributed by atoms with van der Waals surface area (Å²) in [5.41, 5.74) is 1.12. The fraction of sp³-hybridized carbons (Fsp3) is 0.606. The summed E-state index contributed by atoms with van der Waals surface area (Å²) in [6, 6.07) is 6.05. The molecule has 1 aromatic heterocycles. The number of amides is 3. The van der Waals surface area contributed by atoms with Crippen LogP contribution in [-0.4, -0.2) is 104 Å². The van der Waals surface area contributed by atoms with Crippen LogP contribution in [-0.2, 0) is 22.5 Å². The van der Waals surface area contributed by atoms with E-state index in [0.717, 1.165) is 56.3 Å². The molecule has 2 fully saturated rings. The first-order chi connectivity index (χ1) is 21.9. The van der Waals surface area contributed by atoms with Crippen molar-refractivity contribution >= 4 is 29.7 Å². The van der Waals surface area contributed by atoms with Crippen LogP contribution in [0.5, 0.6) is 5.75 Å². The van der Waals surface area contributed by atoms with E-state index >= 15 is 0 Å². The van der Waals surface area contributed by atoms with Gasteiger partial charge in [0.05, 0.1) is 12.1 Å². The number of benzene rings is 1. The Hall–Kier alpha value is -4.13. The van der Waals surface area contributed by atoms with Crippen molar-refractivity contribution in [1.29, 1.82) is 0 Å². The third kappa shape index (κ3) is 8.36. The van der Waals surface area contributed by atoms with Gasteiger partial charge in [0, 0.05) is 58.3 Å². The van der Waals surface area contributed by atoms with Gasteiger partial charge in [0.25, 0.3) is 5.91 Å². The highest BCUT2D eigenvalue weighted by Gasteiger charge is 2.37. The van der Waals surface area contributed by atoms with E-state index in [-0.39, 0.29) is 36.5 Å². The zero-order chi connectivity index (χ0) is 33.0. The number of aromatic nitrogens is 2. The average Bonchev–Trinajstić information content (AvgIpc) is 3.02. The lowest BCUT2D eigenvalue weighted by Crippen LogP contribution is -2.54. The Morgan fingerprint density at radius 1 is 1.02 bits per heavy atom. The zero-order valence-corrected chi connectivity index (χ0v) is 27.3. The Balaban J connectivity index is 1.31. The minimum atomic E-state index is -1.11. The van der Waals surface area contributed by atoms with Gasteiger partial charge in [0.1, 0.15) is 22.9 Å². The van der Waals surface area contributed by atoms with Crippen molar-refractivity contribution in [3.63, 3.8) is 0 Å². The summed E-state index contributed by atoms with van der Waals surface area (Å²) in [5.74, 6) is 0.739. The van der Waals surface area contributed by atoms with Gasteiger partial charge in [0.2, 0.25) is 11.9 Å². The average molecular weight is 638 g/mol. The molecule has 0 saturated carbocycles. The van der Waals surface area contributed by atoms with Gasteiger partial charge in [-0.2, -0.15) is 4.98 Å². The molecule has 2 aromatic rings. The van der Waals surface area contributed by atoms with Gasteiger partial charge in [-0.3, -0.25) is 14.5 Å². The van der Waals surface area contributed by atoms with Crippen molar-refractivity contribution in [3.05, 3.63) is 41.1 Å². The van der Waals surface area contributed by atoms with E-state index < -0.39 is 29.7 Å². The molecule has 46 heavy (non-hydrogen) atoms. The molecular formula is C33H47N7O6. The third-order valence-electron chi connectivity index (χ3n) is 8.78. The number of aliphatic hydroxyl groups is 1. The van der Waals surface area contributed by atoms with Crippen molar-refractivity contribution in [2.24, 2.45) is 0 Å². The fourth-order valence-electron chi connectivity index (χ4n) is 6.29. The molecule has 0 unspecified atom stereocenters. The number of carbonyl (C=O) groups excluding carboxylic acids is 3. The lowest BCUT2D eigenvalue weighted by Gasteiger charge is -2.40. The van der Waals surface area contributed by atoms with Crippen molar-refractivity contribution in [3.8, 4) is 5.75 Å². The molecular weight excluding hydrogens is 590 g/mol. The zero-order valence-electron chi connectivity index (χ0n) is 27.3. The van der Waals surface area contributed by atoms with Crippen molar-refractivity contribution in [1.82, 2.24) is 25.1 Å². The first kappa shape index (κ1) is 33.2. The van der Waals surface area contributed by atoms with Crippen molar-refractivity contribution < 1.29 is 29.3 Å². The number of likely N-dealkylation sites (tertiary alicyclic amines) is 1. The fourth-order valence-corrected chi connectivity index (χ4v) is 6.29. The van der Waals surface area contributed by atoms with Crippen LogP contribution in [0.4, 0.5) is 16.6 Å². The lowest BCUT2D eigenvalue weighted by molar-refractivity contribution is -0.129. The molecule has 5 rings (SSSR count). The number of phenols is 1. The molecule has 0 radical (unpaired) electrons. The second kappa shape index (κ2) is 14.1.